The molecule has 1 rings (SSSR count). The Kier molecular flexibility index (Phi) is 5.71. The Balaban J connectivity index is 3.11. The molecule has 1 amide bonds. The number of hydrogen-bond acceptors (Lipinski definition) is 4. The molecule has 7 nitrogen and oxygen atoms in total. The summed E-state index contributed by atoms with van der Waals surface area (Å²) in [4.78, 5) is 15.0. The van der Waals surface area contributed by atoms with E-state index in [0.29, 0.717) is 12.2 Å². The maximum atomic E-state index is 12.5. The molecule has 0 heterocycles. The van der Waals surface area contributed by atoms with Crippen LogP contribution in [0.5, 0.6) is 0 Å². The minimum atomic E-state index is -3.75. The molecule has 0 aromatic heterocycles. The second-order valence-electron chi connectivity index (χ2n) is 4.21. The van der Waals surface area contributed by atoms with E-state index in [1.165, 1.54) is 31.2 Å². The van der Waals surface area contributed by atoms with E-state index in [0.717, 1.165) is 4.31 Å². The van der Waals surface area contributed by atoms with Crippen molar-refractivity contribution in [2.24, 2.45) is 10.7 Å². The fourth-order valence-electron chi connectivity index (χ4n) is 1.74. The molecule has 1 aromatic rings. The van der Waals surface area contributed by atoms with Gasteiger partial charge in [0.15, 0.2) is 0 Å². The summed E-state index contributed by atoms with van der Waals surface area (Å²) in [5.41, 5.74) is 6.23. The number of carbonyl (C=O) groups excluding carboxylic acids is 1. The molecule has 0 aliphatic rings. The fourth-order valence-corrected chi connectivity index (χ4v) is 3.12. The first-order valence-electron chi connectivity index (χ1n) is 6.53. The van der Waals surface area contributed by atoms with Crippen molar-refractivity contribution in [2.75, 3.05) is 18.4 Å². The Labute approximate surface area is 124 Å². The number of nitrogens with zero attached hydrogens (tertiary/aromatic N) is 2. The van der Waals surface area contributed by atoms with Crippen molar-refractivity contribution in [3.63, 3.8) is 0 Å². The first-order valence-corrected chi connectivity index (χ1v) is 7.97. The van der Waals surface area contributed by atoms with E-state index in [1.807, 2.05) is 0 Å². The normalized spacial score (nSPS) is 12.0. The van der Waals surface area contributed by atoms with Crippen LogP contribution in [0.2, 0.25) is 0 Å². The van der Waals surface area contributed by atoms with E-state index in [4.69, 9.17) is 5.73 Å². The maximum absolute atomic E-state index is 12.5. The second-order valence-corrected chi connectivity index (χ2v) is 6.07. The Morgan fingerprint density at radius 1 is 1.29 bits per heavy atom. The van der Waals surface area contributed by atoms with Gasteiger partial charge in [0, 0.05) is 25.7 Å². The highest BCUT2D eigenvalue weighted by Gasteiger charge is 2.24. The highest BCUT2D eigenvalue weighted by Crippen LogP contribution is 2.18. The zero-order valence-corrected chi connectivity index (χ0v) is 13.1. The van der Waals surface area contributed by atoms with Gasteiger partial charge in [-0.3, -0.25) is 9.79 Å². The first-order chi connectivity index (χ1) is 9.82. The van der Waals surface area contributed by atoms with E-state index >= 15 is 0 Å². The number of nitrogens with two attached hydrogens (primary N) is 1. The molecule has 21 heavy (non-hydrogen) atoms. The Hall–Kier alpha value is -2.09. The number of anilines is 1. The summed E-state index contributed by atoms with van der Waals surface area (Å²) < 4.78 is 26.0. The molecule has 8 heteroatoms. The largest absolute Gasteiger partial charge is 0.369 e. The van der Waals surface area contributed by atoms with E-state index in [1.54, 1.807) is 13.8 Å². The average molecular weight is 312 g/mol. The van der Waals surface area contributed by atoms with Gasteiger partial charge in [-0.25, -0.2) is 12.7 Å². The Morgan fingerprint density at radius 3 is 2.29 bits per heavy atom. The van der Waals surface area contributed by atoms with Crippen LogP contribution in [0.4, 0.5) is 5.69 Å². The fraction of sp³-hybridized carbons (Fsp3) is 0.385. The van der Waals surface area contributed by atoms with Gasteiger partial charge in [0.2, 0.25) is 11.9 Å². The van der Waals surface area contributed by atoms with Gasteiger partial charge in [-0.1, -0.05) is 0 Å². The van der Waals surface area contributed by atoms with Crippen LogP contribution in [0, 0.1) is 0 Å². The van der Waals surface area contributed by atoms with Gasteiger partial charge in [-0.05, 0) is 38.1 Å². The number of aliphatic imine (C=N–C) groups is 1. The summed E-state index contributed by atoms with van der Waals surface area (Å²) in [6.07, 6.45) is 0. The van der Waals surface area contributed by atoms with Gasteiger partial charge in [0.1, 0.15) is 0 Å². The minimum absolute atomic E-state index is 0.0362. The number of hydrogen-bond donors (Lipinski definition) is 2. The molecule has 0 atom stereocenters. The third kappa shape index (κ3) is 4.19. The van der Waals surface area contributed by atoms with Crippen LogP contribution >= 0.6 is 0 Å². The van der Waals surface area contributed by atoms with Gasteiger partial charge in [-0.2, -0.15) is 0 Å². The summed E-state index contributed by atoms with van der Waals surface area (Å²) in [6, 6.07) is 5.88. The van der Waals surface area contributed by atoms with Crippen LogP contribution in [-0.2, 0) is 14.8 Å². The van der Waals surface area contributed by atoms with Crippen molar-refractivity contribution in [2.45, 2.75) is 25.7 Å². The zero-order chi connectivity index (χ0) is 16.0. The van der Waals surface area contributed by atoms with Crippen molar-refractivity contribution in [1.29, 1.82) is 0 Å². The summed E-state index contributed by atoms with van der Waals surface area (Å²) in [7, 11) is -3.75. The maximum Gasteiger partial charge on any atom is 0.266 e. The average Bonchev–Trinajstić information content (AvgIpc) is 2.39. The number of sulfonamides is 1. The Bertz CT molecular complexity index is 623. The summed E-state index contributed by atoms with van der Waals surface area (Å²) in [5, 5.41) is 2.57. The van der Waals surface area contributed by atoms with E-state index in [2.05, 4.69) is 10.3 Å². The van der Waals surface area contributed by atoms with Crippen LogP contribution in [0.1, 0.15) is 20.8 Å². The van der Waals surface area contributed by atoms with Crippen molar-refractivity contribution in [1.82, 2.24) is 4.31 Å². The molecule has 0 spiro atoms. The first kappa shape index (κ1) is 17.0. The van der Waals surface area contributed by atoms with Crippen molar-refractivity contribution in [3.8, 4) is 0 Å². The highest BCUT2D eigenvalue weighted by molar-refractivity contribution is 7.89. The summed E-state index contributed by atoms with van der Waals surface area (Å²) in [5.74, 6) is -0.258. The molecule has 0 bridgehead atoms. The Morgan fingerprint density at radius 2 is 1.86 bits per heavy atom. The lowest BCUT2D eigenvalue weighted by atomic mass is 10.3. The lowest BCUT2D eigenvalue weighted by Crippen LogP contribution is -2.41. The molecule has 0 radical (unpaired) electrons. The number of carbonyl (C=O) groups is 1. The second kappa shape index (κ2) is 7.07. The lowest BCUT2D eigenvalue weighted by Gasteiger charge is -2.21. The SMILES string of the molecule is CCN=C(N)N(CC)S(=O)(=O)c1ccc(NC(C)=O)cc1. The van der Waals surface area contributed by atoms with E-state index in [9.17, 15) is 13.2 Å². The summed E-state index contributed by atoms with van der Waals surface area (Å²) >= 11 is 0. The number of amides is 1. The van der Waals surface area contributed by atoms with Crippen molar-refractivity contribution in [3.05, 3.63) is 24.3 Å². The van der Waals surface area contributed by atoms with Crippen LogP contribution in [0.3, 0.4) is 0 Å². The third-order valence-electron chi connectivity index (χ3n) is 2.63. The lowest BCUT2D eigenvalue weighted by molar-refractivity contribution is -0.114. The van der Waals surface area contributed by atoms with Gasteiger partial charge in [0.05, 0.1) is 4.90 Å². The minimum Gasteiger partial charge on any atom is -0.369 e. The van der Waals surface area contributed by atoms with Crippen molar-refractivity contribution >= 4 is 27.6 Å². The smallest absolute Gasteiger partial charge is 0.266 e. The molecule has 1 aromatic carbocycles. The van der Waals surface area contributed by atoms with Crippen LogP contribution in [0.15, 0.2) is 34.2 Å². The molecule has 0 aliphatic carbocycles. The third-order valence-corrected chi connectivity index (χ3v) is 4.52. The van der Waals surface area contributed by atoms with Crippen LogP contribution in [-0.4, -0.2) is 37.7 Å². The molecular weight excluding hydrogens is 292 g/mol. The molecule has 0 unspecified atom stereocenters. The van der Waals surface area contributed by atoms with Gasteiger partial charge < -0.3 is 11.1 Å². The summed E-state index contributed by atoms with van der Waals surface area (Å²) in [6.45, 7) is 5.42. The number of guanidine groups is 1. The van der Waals surface area contributed by atoms with E-state index < -0.39 is 10.0 Å². The van der Waals surface area contributed by atoms with Crippen LogP contribution < -0.4 is 11.1 Å². The highest BCUT2D eigenvalue weighted by atomic mass is 32.2. The number of benzene rings is 1. The standard InChI is InChI=1S/C13H20N4O3S/c1-4-15-13(14)17(5-2)21(19,20)12-8-6-11(7-9-12)16-10(3)18/h6-9H,4-5H2,1-3H3,(H2,14,15)(H,16,18). The number of rotatable bonds is 5. The molecule has 0 saturated heterocycles. The topological polar surface area (TPSA) is 105 Å². The number of nitrogens with one attached hydrogen (secondary N) is 1. The molecule has 0 saturated carbocycles. The molecule has 0 aliphatic heterocycles. The zero-order valence-electron chi connectivity index (χ0n) is 12.3. The molecule has 116 valence electrons. The van der Waals surface area contributed by atoms with Gasteiger partial charge in [0.25, 0.3) is 10.0 Å². The predicted octanol–water partition coefficient (Wildman–Crippen LogP) is 0.990. The quantitative estimate of drug-likeness (QED) is 0.624. The van der Waals surface area contributed by atoms with Gasteiger partial charge >= 0.3 is 0 Å². The molecular formula is C13H20N4O3S. The van der Waals surface area contributed by atoms with Gasteiger partial charge in [-0.15, -0.1) is 0 Å². The van der Waals surface area contributed by atoms with Crippen molar-refractivity contribution < 1.29 is 13.2 Å². The van der Waals surface area contributed by atoms with E-state index in [-0.39, 0.29) is 23.3 Å². The molecule has 0 fully saturated rings. The predicted molar refractivity (Wildman–Crippen MR) is 82.5 cm³/mol. The van der Waals surface area contributed by atoms with Crippen LogP contribution in [0.25, 0.3) is 0 Å². The monoisotopic (exact) mass is 312 g/mol. The molecule has 3 N–H and O–H groups in total.